The molecule has 0 saturated carbocycles. The van der Waals surface area contributed by atoms with Crippen LogP contribution in [-0.4, -0.2) is 57.1 Å². The fourth-order valence-electron chi connectivity index (χ4n) is 3.14. The number of amides is 1. The second-order valence-electron chi connectivity index (χ2n) is 6.88. The lowest BCUT2D eigenvalue weighted by Gasteiger charge is -2.34. The van der Waals surface area contributed by atoms with Gasteiger partial charge in [-0.05, 0) is 49.4 Å². The van der Waals surface area contributed by atoms with Crippen molar-refractivity contribution in [1.29, 1.82) is 0 Å². The molecule has 0 atom stereocenters. The number of nitrogens with zero attached hydrogens (tertiary/aromatic N) is 2. The average molecular weight is 370 g/mol. The Hall–Kier alpha value is -2.60. The molecular formula is C21H27FN4O. The van der Waals surface area contributed by atoms with Crippen LogP contribution in [0.25, 0.3) is 0 Å². The summed E-state index contributed by atoms with van der Waals surface area (Å²) in [5.74, 6) is -0.334. The molecule has 6 heteroatoms. The first-order chi connectivity index (χ1) is 13.1. The maximum absolute atomic E-state index is 13.5. The van der Waals surface area contributed by atoms with E-state index in [9.17, 15) is 9.18 Å². The van der Waals surface area contributed by atoms with Crippen molar-refractivity contribution in [2.24, 2.45) is 0 Å². The Morgan fingerprint density at radius 1 is 1.04 bits per heavy atom. The zero-order valence-electron chi connectivity index (χ0n) is 15.7. The van der Waals surface area contributed by atoms with Gasteiger partial charge in [0.2, 0.25) is 5.91 Å². The van der Waals surface area contributed by atoms with Gasteiger partial charge >= 0.3 is 0 Å². The molecule has 0 bridgehead atoms. The highest BCUT2D eigenvalue weighted by atomic mass is 19.1. The summed E-state index contributed by atoms with van der Waals surface area (Å²) in [7, 11) is 2.14. The van der Waals surface area contributed by atoms with Gasteiger partial charge in [-0.1, -0.05) is 18.2 Å². The predicted octanol–water partition coefficient (Wildman–Crippen LogP) is 2.35. The average Bonchev–Trinajstić information content (AvgIpc) is 2.69. The number of anilines is 2. The van der Waals surface area contributed by atoms with Gasteiger partial charge in [-0.2, -0.15) is 0 Å². The molecular weight excluding hydrogens is 343 g/mol. The first-order valence-corrected chi connectivity index (χ1v) is 9.39. The number of benzene rings is 2. The maximum Gasteiger partial charge on any atom is 0.239 e. The van der Waals surface area contributed by atoms with E-state index in [1.807, 2.05) is 12.1 Å². The minimum absolute atomic E-state index is 0.102. The molecule has 0 radical (unpaired) electrons. The largest absolute Gasteiger partial charge is 0.376 e. The molecule has 1 aliphatic heterocycles. The molecule has 0 spiro atoms. The number of likely N-dealkylation sites (N-methyl/N-ethyl adjacent to an activating group) is 1. The number of piperazine rings is 1. The van der Waals surface area contributed by atoms with Gasteiger partial charge in [0.15, 0.2) is 0 Å². The molecule has 5 nitrogen and oxygen atoms in total. The smallest absolute Gasteiger partial charge is 0.239 e. The zero-order chi connectivity index (χ0) is 19.1. The minimum atomic E-state index is -0.231. The van der Waals surface area contributed by atoms with Crippen LogP contribution in [0.1, 0.15) is 5.56 Å². The Bertz CT molecular complexity index is 742. The van der Waals surface area contributed by atoms with E-state index in [-0.39, 0.29) is 18.3 Å². The molecule has 1 heterocycles. The Kier molecular flexibility index (Phi) is 6.65. The molecule has 1 saturated heterocycles. The second kappa shape index (κ2) is 9.37. The van der Waals surface area contributed by atoms with Crippen LogP contribution in [0.3, 0.4) is 0 Å². The third-order valence-electron chi connectivity index (χ3n) is 4.86. The van der Waals surface area contributed by atoms with Crippen molar-refractivity contribution in [1.82, 2.24) is 10.2 Å². The lowest BCUT2D eigenvalue weighted by molar-refractivity contribution is -0.119. The summed E-state index contributed by atoms with van der Waals surface area (Å²) in [6.45, 7) is 4.84. The summed E-state index contributed by atoms with van der Waals surface area (Å²) in [5, 5.41) is 5.94. The van der Waals surface area contributed by atoms with Crippen LogP contribution in [0.15, 0.2) is 48.5 Å². The van der Waals surface area contributed by atoms with Gasteiger partial charge in [0.25, 0.3) is 0 Å². The quantitative estimate of drug-likeness (QED) is 0.786. The van der Waals surface area contributed by atoms with Gasteiger partial charge in [-0.25, -0.2) is 4.39 Å². The number of rotatable bonds is 7. The highest BCUT2D eigenvalue weighted by Crippen LogP contribution is 2.19. The van der Waals surface area contributed by atoms with Crippen molar-refractivity contribution in [3.8, 4) is 0 Å². The van der Waals surface area contributed by atoms with Crippen LogP contribution < -0.4 is 15.5 Å². The van der Waals surface area contributed by atoms with E-state index in [1.54, 1.807) is 18.2 Å². The van der Waals surface area contributed by atoms with E-state index >= 15 is 0 Å². The van der Waals surface area contributed by atoms with Crippen molar-refractivity contribution in [2.45, 2.75) is 6.42 Å². The van der Waals surface area contributed by atoms with Gasteiger partial charge in [-0.3, -0.25) is 4.79 Å². The normalized spacial score (nSPS) is 14.8. The molecule has 0 unspecified atom stereocenters. The monoisotopic (exact) mass is 370 g/mol. The number of carbonyl (C=O) groups excluding carboxylic acids is 1. The fraction of sp³-hybridized carbons (Fsp3) is 0.381. The highest BCUT2D eigenvalue weighted by Gasteiger charge is 2.14. The van der Waals surface area contributed by atoms with E-state index < -0.39 is 0 Å². The van der Waals surface area contributed by atoms with Crippen molar-refractivity contribution in [3.05, 3.63) is 59.9 Å². The van der Waals surface area contributed by atoms with E-state index in [2.05, 4.69) is 39.6 Å². The summed E-state index contributed by atoms with van der Waals surface area (Å²) in [6, 6.07) is 14.8. The summed E-state index contributed by atoms with van der Waals surface area (Å²) in [6.07, 6.45) is 0.484. The first kappa shape index (κ1) is 19.2. The SMILES string of the molecule is CN1CCN(c2ccc(NCC(=O)NCCc3ccccc3F)cc2)CC1. The van der Waals surface area contributed by atoms with Crippen LogP contribution >= 0.6 is 0 Å². The Morgan fingerprint density at radius 2 is 1.74 bits per heavy atom. The van der Waals surface area contributed by atoms with Crippen molar-refractivity contribution in [3.63, 3.8) is 0 Å². The lowest BCUT2D eigenvalue weighted by Crippen LogP contribution is -2.44. The summed E-state index contributed by atoms with van der Waals surface area (Å²) in [5.41, 5.74) is 2.74. The Labute approximate surface area is 160 Å². The van der Waals surface area contributed by atoms with E-state index in [0.29, 0.717) is 18.5 Å². The zero-order valence-corrected chi connectivity index (χ0v) is 15.7. The van der Waals surface area contributed by atoms with Crippen molar-refractivity contribution in [2.75, 3.05) is 56.5 Å². The molecule has 2 aromatic rings. The number of nitrogens with one attached hydrogen (secondary N) is 2. The van der Waals surface area contributed by atoms with Gasteiger partial charge < -0.3 is 20.4 Å². The van der Waals surface area contributed by atoms with Crippen LogP contribution in [0.5, 0.6) is 0 Å². The number of halogens is 1. The van der Waals surface area contributed by atoms with Gasteiger partial charge in [0.05, 0.1) is 6.54 Å². The van der Waals surface area contributed by atoms with E-state index in [4.69, 9.17) is 0 Å². The third-order valence-corrected chi connectivity index (χ3v) is 4.86. The molecule has 1 aliphatic rings. The standard InChI is InChI=1S/C21H27FN4O/c1-25-12-14-26(15-13-25)19-8-6-18(7-9-19)24-16-21(27)23-11-10-17-4-2-3-5-20(17)22/h2-9,24H,10-16H2,1H3,(H,23,27). The van der Waals surface area contributed by atoms with Crippen LogP contribution in [0.4, 0.5) is 15.8 Å². The molecule has 2 aromatic carbocycles. The molecule has 1 amide bonds. The summed E-state index contributed by atoms with van der Waals surface area (Å²) < 4.78 is 13.5. The third kappa shape index (κ3) is 5.69. The van der Waals surface area contributed by atoms with Crippen molar-refractivity contribution >= 4 is 17.3 Å². The van der Waals surface area contributed by atoms with Gasteiger partial charge in [0.1, 0.15) is 5.82 Å². The number of hydrogen-bond donors (Lipinski definition) is 2. The molecule has 27 heavy (non-hydrogen) atoms. The maximum atomic E-state index is 13.5. The van der Waals surface area contributed by atoms with Crippen LogP contribution in [0.2, 0.25) is 0 Å². The number of hydrogen-bond acceptors (Lipinski definition) is 4. The van der Waals surface area contributed by atoms with Crippen LogP contribution in [-0.2, 0) is 11.2 Å². The molecule has 2 N–H and O–H groups in total. The van der Waals surface area contributed by atoms with Crippen molar-refractivity contribution < 1.29 is 9.18 Å². The van der Waals surface area contributed by atoms with Crippen LogP contribution in [0, 0.1) is 5.82 Å². The predicted molar refractivity (Wildman–Crippen MR) is 108 cm³/mol. The Morgan fingerprint density at radius 3 is 2.44 bits per heavy atom. The first-order valence-electron chi connectivity index (χ1n) is 9.39. The number of carbonyl (C=O) groups is 1. The highest BCUT2D eigenvalue weighted by molar-refractivity contribution is 5.80. The topological polar surface area (TPSA) is 47.6 Å². The lowest BCUT2D eigenvalue weighted by atomic mass is 10.1. The summed E-state index contributed by atoms with van der Waals surface area (Å²) in [4.78, 5) is 16.7. The van der Waals surface area contributed by atoms with Gasteiger partial charge in [0, 0.05) is 44.1 Å². The minimum Gasteiger partial charge on any atom is -0.376 e. The molecule has 3 rings (SSSR count). The molecule has 144 valence electrons. The van der Waals surface area contributed by atoms with E-state index in [1.165, 1.54) is 11.8 Å². The molecule has 1 fully saturated rings. The fourth-order valence-corrected chi connectivity index (χ4v) is 3.14. The second-order valence-corrected chi connectivity index (χ2v) is 6.88. The Balaban J connectivity index is 1.39. The van der Waals surface area contributed by atoms with E-state index in [0.717, 1.165) is 31.9 Å². The molecule has 0 aromatic heterocycles. The summed E-state index contributed by atoms with van der Waals surface area (Å²) >= 11 is 0. The molecule has 0 aliphatic carbocycles. The van der Waals surface area contributed by atoms with Gasteiger partial charge in [-0.15, -0.1) is 0 Å².